The molecular formula is C12H10N2. The van der Waals surface area contributed by atoms with E-state index in [2.05, 4.69) is 40.3 Å². The van der Waals surface area contributed by atoms with Gasteiger partial charge in [-0.1, -0.05) is 24.3 Å². The molecule has 1 aliphatic rings. The van der Waals surface area contributed by atoms with Gasteiger partial charge in [-0.15, -0.1) is 0 Å². The Morgan fingerprint density at radius 1 is 1.21 bits per heavy atom. The molecule has 3 rings (SSSR count). The maximum atomic E-state index is 4.17. The molecule has 1 aromatic heterocycles. The average molecular weight is 182 g/mol. The molecule has 0 spiro atoms. The molecule has 0 amide bonds. The van der Waals surface area contributed by atoms with Crippen LogP contribution in [0.3, 0.4) is 0 Å². The standard InChI is InChI=1S/C12H10N2/c1-2-4-11-9(3-1)7-12(14-11)10-5-6-13-8-10/h1-5,7-8,14H,6H2. The van der Waals surface area contributed by atoms with Crippen molar-refractivity contribution < 1.29 is 0 Å². The summed E-state index contributed by atoms with van der Waals surface area (Å²) in [4.78, 5) is 7.55. The zero-order valence-electron chi connectivity index (χ0n) is 7.70. The molecule has 1 aromatic carbocycles. The van der Waals surface area contributed by atoms with Gasteiger partial charge in [-0.2, -0.15) is 0 Å². The summed E-state index contributed by atoms with van der Waals surface area (Å²) in [7, 11) is 0. The van der Waals surface area contributed by atoms with Crippen molar-refractivity contribution in [2.24, 2.45) is 4.99 Å². The summed E-state index contributed by atoms with van der Waals surface area (Å²) in [6.45, 7) is 0.810. The zero-order chi connectivity index (χ0) is 9.38. The first kappa shape index (κ1) is 7.56. The Hall–Kier alpha value is -1.83. The van der Waals surface area contributed by atoms with E-state index in [1.54, 1.807) is 0 Å². The first-order valence-corrected chi connectivity index (χ1v) is 4.71. The van der Waals surface area contributed by atoms with Crippen molar-refractivity contribution in [1.29, 1.82) is 0 Å². The monoisotopic (exact) mass is 182 g/mol. The molecule has 0 saturated heterocycles. The molecule has 1 N–H and O–H groups in total. The van der Waals surface area contributed by atoms with Crippen molar-refractivity contribution in [3.8, 4) is 0 Å². The molecular weight excluding hydrogens is 172 g/mol. The smallest absolute Gasteiger partial charge is 0.0580 e. The molecule has 2 heteroatoms. The Kier molecular flexibility index (Phi) is 1.53. The van der Waals surface area contributed by atoms with Crippen molar-refractivity contribution in [1.82, 2.24) is 4.98 Å². The number of rotatable bonds is 1. The molecule has 0 aliphatic carbocycles. The summed E-state index contributed by atoms with van der Waals surface area (Å²) >= 11 is 0. The average Bonchev–Trinajstić information content (AvgIpc) is 2.86. The van der Waals surface area contributed by atoms with Crippen LogP contribution in [0.1, 0.15) is 5.69 Å². The minimum absolute atomic E-state index is 0.810. The Balaban J connectivity index is 2.19. The van der Waals surface area contributed by atoms with Gasteiger partial charge in [0.1, 0.15) is 0 Å². The highest BCUT2D eigenvalue weighted by Crippen LogP contribution is 2.20. The van der Waals surface area contributed by atoms with E-state index >= 15 is 0 Å². The number of aromatic amines is 1. The fraction of sp³-hybridized carbons (Fsp3) is 0.0833. The number of nitrogens with zero attached hydrogens (tertiary/aromatic N) is 1. The van der Waals surface area contributed by atoms with E-state index < -0.39 is 0 Å². The maximum Gasteiger partial charge on any atom is 0.0580 e. The number of aromatic nitrogens is 1. The van der Waals surface area contributed by atoms with E-state index in [9.17, 15) is 0 Å². The molecule has 14 heavy (non-hydrogen) atoms. The number of allylic oxidation sites excluding steroid dienone is 1. The van der Waals surface area contributed by atoms with Gasteiger partial charge in [0, 0.05) is 28.4 Å². The molecule has 2 nitrogen and oxygen atoms in total. The lowest BCUT2D eigenvalue weighted by Gasteiger charge is -1.90. The Morgan fingerprint density at radius 2 is 2.14 bits per heavy atom. The van der Waals surface area contributed by atoms with Gasteiger partial charge in [0.25, 0.3) is 0 Å². The van der Waals surface area contributed by atoms with Crippen LogP contribution in [0, 0.1) is 0 Å². The van der Waals surface area contributed by atoms with Gasteiger partial charge >= 0.3 is 0 Å². The number of benzene rings is 1. The Morgan fingerprint density at radius 3 is 2.93 bits per heavy atom. The van der Waals surface area contributed by atoms with E-state index in [1.165, 1.54) is 16.5 Å². The van der Waals surface area contributed by atoms with Crippen LogP contribution in [-0.2, 0) is 0 Å². The third-order valence-corrected chi connectivity index (χ3v) is 2.49. The highest BCUT2D eigenvalue weighted by molar-refractivity contribution is 6.12. The van der Waals surface area contributed by atoms with E-state index in [0.29, 0.717) is 0 Å². The minimum atomic E-state index is 0.810. The lowest BCUT2D eigenvalue weighted by molar-refractivity contribution is 1.29. The van der Waals surface area contributed by atoms with Gasteiger partial charge in [-0.25, -0.2) is 0 Å². The van der Waals surface area contributed by atoms with E-state index in [0.717, 1.165) is 12.2 Å². The molecule has 0 radical (unpaired) electrons. The molecule has 1 aliphatic heterocycles. The second-order valence-electron chi connectivity index (χ2n) is 3.42. The van der Waals surface area contributed by atoms with Crippen LogP contribution in [0.5, 0.6) is 0 Å². The van der Waals surface area contributed by atoms with Crippen LogP contribution in [-0.4, -0.2) is 17.7 Å². The fourth-order valence-electron chi connectivity index (χ4n) is 1.76. The summed E-state index contributed by atoms with van der Waals surface area (Å²) in [5.74, 6) is 0. The van der Waals surface area contributed by atoms with Gasteiger partial charge in [-0.05, 0) is 12.1 Å². The molecule has 0 bridgehead atoms. The largest absolute Gasteiger partial charge is 0.354 e. The van der Waals surface area contributed by atoms with Crippen LogP contribution in [0.4, 0.5) is 0 Å². The van der Waals surface area contributed by atoms with E-state index in [4.69, 9.17) is 0 Å². The second-order valence-corrected chi connectivity index (χ2v) is 3.42. The van der Waals surface area contributed by atoms with Gasteiger partial charge in [-0.3, -0.25) is 4.99 Å². The summed E-state index contributed by atoms with van der Waals surface area (Å²) in [5.41, 5.74) is 3.54. The van der Waals surface area contributed by atoms with Crippen molar-refractivity contribution in [3.63, 3.8) is 0 Å². The molecule has 2 heterocycles. The molecule has 0 atom stereocenters. The second kappa shape index (κ2) is 2.84. The predicted octanol–water partition coefficient (Wildman–Crippen LogP) is 2.64. The Labute approximate surface area is 82.0 Å². The number of fused-ring (bicyclic) bond motifs is 1. The summed E-state index contributed by atoms with van der Waals surface area (Å²) in [5, 5.41) is 1.25. The first-order chi connectivity index (χ1) is 6.93. The third kappa shape index (κ3) is 1.08. The quantitative estimate of drug-likeness (QED) is 0.702. The number of hydrogen-bond acceptors (Lipinski definition) is 1. The molecule has 68 valence electrons. The topological polar surface area (TPSA) is 28.1 Å². The van der Waals surface area contributed by atoms with Crippen LogP contribution in [0.25, 0.3) is 16.5 Å². The molecule has 0 saturated carbocycles. The number of hydrogen-bond donors (Lipinski definition) is 1. The molecule has 0 fully saturated rings. The third-order valence-electron chi connectivity index (χ3n) is 2.49. The van der Waals surface area contributed by atoms with Crippen LogP contribution >= 0.6 is 0 Å². The Bertz CT molecular complexity index is 499. The lowest BCUT2D eigenvalue weighted by atomic mass is 10.2. The van der Waals surface area contributed by atoms with Crippen LogP contribution in [0.15, 0.2) is 41.4 Å². The normalized spacial score (nSPS) is 15.0. The lowest BCUT2D eigenvalue weighted by Crippen LogP contribution is -1.80. The minimum Gasteiger partial charge on any atom is -0.354 e. The molecule has 2 aromatic rings. The predicted molar refractivity (Wildman–Crippen MR) is 59.6 cm³/mol. The zero-order valence-corrected chi connectivity index (χ0v) is 7.70. The summed E-state index contributed by atoms with van der Waals surface area (Å²) in [6, 6.07) is 10.5. The van der Waals surface area contributed by atoms with Gasteiger partial charge in [0.15, 0.2) is 0 Å². The highest BCUT2D eigenvalue weighted by atomic mass is 14.8. The number of nitrogens with one attached hydrogen (secondary N) is 1. The van der Waals surface area contributed by atoms with Crippen molar-refractivity contribution in [2.45, 2.75) is 0 Å². The van der Waals surface area contributed by atoms with Crippen molar-refractivity contribution in [2.75, 3.05) is 6.54 Å². The highest BCUT2D eigenvalue weighted by Gasteiger charge is 2.05. The fourth-order valence-corrected chi connectivity index (χ4v) is 1.76. The number of aliphatic imine (C=N–C) groups is 1. The number of H-pyrrole nitrogens is 1. The van der Waals surface area contributed by atoms with Crippen LogP contribution < -0.4 is 0 Å². The number of para-hydroxylation sites is 1. The van der Waals surface area contributed by atoms with Crippen molar-refractivity contribution in [3.05, 3.63) is 42.1 Å². The van der Waals surface area contributed by atoms with E-state index in [-0.39, 0.29) is 0 Å². The van der Waals surface area contributed by atoms with Crippen molar-refractivity contribution >= 4 is 22.7 Å². The first-order valence-electron chi connectivity index (χ1n) is 4.71. The van der Waals surface area contributed by atoms with E-state index in [1.807, 2.05) is 12.3 Å². The maximum absolute atomic E-state index is 4.17. The van der Waals surface area contributed by atoms with Crippen LogP contribution in [0.2, 0.25) is 0 Å². The summed E-state index contributed by atoms with van der Waals surface area (Å²) in [6.07, 6.45) is 4.05. The SMILES string of the molecule is C1=NCC=C1c1cc2ccccc2[nH]1. The van der Waals surface area contributed by atoms with Gasteiger partial charge in [0.05, 0.1) is 6.54 Å². The molecule has 0 unspecified atom stereocenters. The van der Waals surface area contributed by atoms with Gasteiger partial charge in [0.2, 0.25) is 0 Å². The van der Waals surface area contributed by atoms with Gasteiger partial charge < -0.3 is 4.98 Å². The summed E-state index contributed by atoms with van der Waals surface area (Å²) < 4.78 is 0.